The average Bonchev–Trinajstić information content (AvgIpc) is 2.33. The Labute approximate surface area is 129 Å². The molecule has 0 heterocycles. The van der Waals surface area contributed by atoms with Crippen LogP contribution in [0, 0.1) is 5.82 Å². The van der Waals surface area contributed by atoms with Crippen LogP contribution in [-0.2, 0) is 0 Å². The van der Waals surface area contributed by atoms with Crippen LogP contribution in [0.4, 0.5) is 10.1 Å². The fourth-order valence-electron chi connectivity index (χ4n) is 1.77. The van der Waals surface area contributed by atoms with Gasteiger partial charge in [-0.2, -0.15) is 0 Å². The van der Waals surface area contributed by atoms with Gasteiger partial charge in [-0.05, 0) is 42.8 Å². The molecule has 1 unspecified atom stereocenters. The molecule has 0 saturated heterocycles. The lowest BCUT2D eigenvalue weighted by Crippen LogP contribution is -2.07. The number of halogens is 4. The zero-order chi connectivity index (χ0) is 14.0. The highest BCUT2D eigenvalue weighted by atomic mass is 79.9. The first kappa shape index (κ1) is 14.6. The van der Waals surface area contributed by atoms with Crippen molar-refractivity contribution in [3.63, 3.8) is 0 Å². The first-order chi connectivity index (χ1) is 8.97. The summed E-state index contributed by atoms with van der Waals surface area (Å²) in [5.41, 5.74) is 1.82. The van der Waals surface area contributed by atoms with Crippen LogP contribution < -0.4 is 5.32 Å². The third-order valence-electron chi connectivity index (χ3n) is 2.73. The Kier molecular flexibility index (Phi) is 4.71. The van der Waals surface area contributed by atoms with Gasteiger partial charge in [-0.3, -0.25) is 0 Å². The molecule has 0 spiro atoms. The molecule has 2 aromatic carbocycles. The van der Waals surface area contributed by atoms with E-state index in [1.54, 1.807) is 18.2 Å². The van der Waals surface area contributed by atoms with E-state index in [0.717, 1.165) is 15.7 Å². The SMILES string of the molecule is CC(Nc1ccc(Cl)c(Cl)c1)c1ccc(F)cc1Br. The molecule has 0 aliphatic rings. The number of nitrogens with one attached hydrogen (secondary N) is 1. The number of hydrogen-bond acceptors (Lipinski definition) is 1. The van der Waals surface area contributed by atoms with E-state index in [4.69, 9.17) is 23.2 Å². The predicted molar refractivity (Wildman–Crippen MR) is 82.6 cm³/mol. The minimum absolute atomic E-state index is 0.00668. The fourth-order valence-corrected chi connectivity index (χ4v) is 2.76. The van der Waals surface area contributed by atoms with Gasteiger partial charge in [0.2, 0.25) is 0 Å². The molecule has 0 aliphatic carbocycles. The van der Waals surface area contributed by atoms with Crippen LogP contribution in [0.5, 0.6) is 0 Å². The molecule has 1 atom stereocenters. The van der Waals surface area contributed by atoms with E-state index < -0.39 is 0 Å². The monoisotopic (exact) mass is 361 g/mol. The molecule has 0 fully saturated rings. The number of rotatable bonds is 3. The van der Waals surface area contributed by atoms with Crippen LogP contribution >= 0.6 is 39.1 Å². The molecule has 0 bridgehead atoms. The van der Waals surface area contributed by atoms with Crippen LogP contribution in [0.15, 0.2) is 40.9 Å². The van der Waals surface area contributed by atoms with Crippen LogP contribution in [0.2, 0.25) is 10.0 Å². The lowest BCUT2D eigenvalue weighted by molar-refractivity contribution is 0.625. The highest BCUT2D eigenvalue weighted by molar-refractivity contribution is 9.10. The van der Waals surface area contributed by atoms with Gasteiger partial charge in [0.1, 0.15) is 5.82 Å². The third kappa shape index (κ3) is 3.62. The Hall–Kier alpha value is -0.770. The van der Waals surface area contributed by atoms with E-state index in [9.17, 15) is 4.39 Å². The molecule has 100 valence electrons. The zero-order valence-corrected chi connectivity index (χ0v) is 13.2. The van der Waals surface area contributed by atoms with Gasteiger partial charge in [-0.25, -0.2) is 4.39 Å². The van der Waals surface area contributed by atoms with Crippen LogP contribution in [-0.4, -0.2) is 0 Å². The molecule has 0 amide bonds. The normalized spacial score (nSPS) is 12.3. The lowest BCUT2D eigenvalue weighted by Gasteiger charge is -2.17. The number of anilines is 1. The summed E-state index contributed by atoms with van der Waals surface area (Å²) in [5, 5.41) is 4.30. The topological polar surface area (TPSA) is 12.0 Å². The Morgan fingerprint density at radius 2 is 1.84 bits per heavy atom. The largest absolute Gasteiger partial charge is 0.378 e. The van der Waals surface area contributed by atoms with Gasteiger partial charge in [0.05, 0.1) is 10.0 Å². The highest BCUT2D eigenvalue weighted by Crippen LogP contribution is 2.30. The first-order valence-corrected chi connectivity index (χ1v) is 7.19. The maximum absolute atomic E-state index is 13.1. The molecule has 0 saturated carbocycles. The van der Waals surface area contributed by atoms with Crippen molar-refractivity contribution in [3.05, 3.63) is 62.3 Å². The summed E-state index contributed by atoms with van der Waals surface area (Å²) in [7, 11) is 0. The molecule has 0 aliphatic heterocycles. The summed E-state index contributed by atoms with van der Waals surface area (Å²) >= 11 is 15.2. The third-order valence-corrected chi connectivity index (χ3v) is 4.16. The van der Waals surface area contributed by atoms with E-state index in [2.05, 4.69) is 21.2 Å². The van der Waals surface area contributed by atoms with Gasteiger partial charge in [-0.15, -0.1) is 0 Å². The second-order valence-electron chi connectivity index (χ2n) is 4.16. The van der Waals surface area contributed by atoms with E-state index in [1.165, 1.54) is 12.1 Å². The molecule has 1 nitrogen and oxygen atoms in total. The average molecular weight is 363 g/mol. The Morgan fingerprint density at radius 3 is 2.47 bits per heavy atom. The quantitative estimate of drug-likeness (QED) is 0.698. The molecule has 2 rings (SSSR count). The molecular formula is C14H11BrCl2FN. The Bertz CT molecular complexity index is 604. The molecular weight excluding hydrogens is 352 g/mol. The van der Waals surface area contributed by atoms with Gasteiger partial charge in [0.15, 0.2) is 0 Å². The van der Waals surface area contributed by atoms with Gasteiger partial charge >= 0.3 is 0 Å². The summed E-state index contributed by atoms with van der Waals surface area (Å²) in [5.74, 6) is -0.266. The summed E-state index contributed by atoms with van der Waals surface area (Å²) < 4.78 is 13.8. The highest BCUT2D eigenvalue weighted by Gasteiger charge is 2.10. The van der Waals surface area contributed by atoms with Crippen molar-refractivity contribution in [2.45, 2.75) is 13.0 Å². The van der Waals surface area contributed by atoms with Gasteiger partial charge in [0, 0.05) is 16.2 Å². The van der Waals surface area contributed by atoms with Crippen LogP contribution in [0.3, 0.4) is 0 Å². The second kappa shape index (κ2) is 6.12. The standard InChI is InChI=1S/C14H11BrCl2FN/c1-8(11-4-2-9(18)6-12(11)15)19-10-3-5-13(16)14(17)7-10/h2-8,19H,1H3. The minimum atomic E-state index is -0.266. The maximum Gasteiger partial charge on any atom is 0.124 e. The van der Waals surface area contributed by atoms with Crippen molar-refractivity contribution in [2.75, 3.05) is 5.32 Å². The first-order valence-electron chi connectivity index (χ1n) is 5.64. The Morgan fingerprint density at radius 1 is 1.11 bits per heavy atom. The lowest BCUT2D eigenvalue weighted by atomic mass is 10.1. The van der Waals surface area contributed by atoms with E-state index >= 15 is 0 Å². The zero-order valence-electron chi connectivity index (χ0n) is 10.1. The van der Waals surface area contributed by atoms with Crippen molar-refractivity contribution < 1.29 is 4.39 Å². The van der Waals surface area contributed by atoms with Gasteiger partial charge in [0.25, 0.3) is 0 Å². The fraction of sp³-hybridized carbons (Fsp3) is 0.143. The molecule has 0 radical (unpaired) electrons. The van der Waals surface area contributed by atoms with Crippen molar-refractivity contribution in [1.29, 1.82) is 0 Å². The smallest absolute Gasteiger partial charge is 0.124 e. The summed E-state index contributed by atoms with van der Waals surface area (Å²) in [6, 6.07) is 9.98. The molecule has 0 aromatic heterocycles. The van der Waals surface area contributed by atoms with Crippen molar-refractivity contribution >= 4 is 44.8 Å². The van der Waals surface area contributed by atoms with E-state index in [1.807, 2.05) is 13.0 Å². The Balaban J connectivity index is 2.20. The van der Waals surface area contributed by atoms with Crippen LogP contribution in [0.1, 0.15) is 18.5 Å². The molecule has 19 heavy (non-hydrogen) atoms. The van der Waals surface area contributed by atoms with Gasteiger partial charge < -0.3 is 5.32 Å². The summed E-state index contributed by atoms with van der Waals surface area (Å²) in [6.45, 7) is 1.99. The van der Waals surface area contributed by atoms with E-state index in [0.29, 0.717) is 10.0 Å². The second-order valence-corrected chi connectivity index (χ2v) is 5.83. The molecule has 5 heteroatoms. The van der Waals surface area contributed by atoms with E-state index in [-0.39, 0.29) is 11.9 Å². The summed E-state index contributed by atoms with van der Waals surface area (Å²) in [4.78, 5) is 0. The molecule has 1 N–H and O–H groups in total. The van der Waals surface area contributed by atoms with Crippen molar-refractivity contribution in [3.8, 4) is 0 Å². The van der Waals surface area contributed by atoms with Crippen molar-refractivity contribution in [2.24, 2.45) is 0 Å². The summed E-state index contributed by atoms with van der Waals surface area (Å²) in [6.07, 6.45) is 0. The number of benzene rings is 2. The van der Waals surface area contributed by atoms with Gasteiger partial charge in [-0.1, -0.05) is 45.2 Å². The number of hydrogen-bond donors (Lipinski definition) is 1. The molecule has 2 aromatic rings. The predicted octanol–water partition coefficient (Wildman–Crippen LogP) is 6.07. The minimum Gasteiger partial charge on any atom is -0.378 e. The maximum atomic E-state index is 13.1. The van der Waals surface area contributed by atoms with Crippen molar-refractivity contribution in [1.82, 2.24) is 0 Å². The van der Waals surface area contributed by atoms with Crippen LogP contribution in [0.25, 0.3) is 0 Å².